The Hall–Kier alpha value is -1.20. The third-order valence-corrected chi connectivity index (χ3v) is 3.28. The molecule has 0 radical (unpaired) electrons. The van der Waals surface area contributed by atoms with E-state index in [-0.39, 0.29) is 11.8 Å². The summed E-state index contributed by atoms with van der Waals surface area (Å²) in [5.41, 5.74) is 0.819. The summed E-state index contributed by atoms with van der Waals surface area (Å²) in [5.74, 6) is 0.276. The van der Waals surface area contributed by atoms with E-state index in [4.69, 9.17) is 0 Å². The molecule has 1 heterocycles. The molecule has 1 N–H and O–H groups in total. The number of benzene rings is 1. The molecule has 1 aromatic carbocycles. The van der Waals surface area contributed by atoms with Crippen molar-refractivity contribution in [3.63, 3.8) is 0 Å². The van der Waals surface area contributed by atoms with Crippen molar-refractivity contribution in [2.24, 2.45) is 0 Å². The van der Waals surface area contributed by atoms with Crippen molar-refractivity contribution < 1.29 is 13.5 Å². The van der Waals surface area contributed by atoms with E-state index in [0.29, 0.717) is 0 Å². The molecule has 18 heavy (non-hydrogen) atoms. The van der Waals surface area contributed by atoms with Gasteiger partial charge >= 0.3 is 6.61 Å². The Balaban J connectivity index is 2.15. The molecule has 0 saturated carbocycles. The molecule has 3 nitrogen and oxygen atoms in total. The van der Waals surface area contributed by atoms with E-state index in [9.17, 15) is 8.78 Å². The van der Waals surface area contributed by atoms with Crippen LogP contribution in [0.1, 0.15) is 18.5 Å². The van der Waals surface area contributed by atoms with Gasteiger partial charge in [-0.2, -0.15) is 8.78 Å². The number of piperazine rings is 1. The molecule has 2 rings (SSSR count). The minimum atomic E-state index is -2.78. The van der Waals surface area contributed by atoms with E-state index in [1.165, 1.54) is 0 Å². The Bertz CT molecular complexity index is 381. The van der Waals surface area contributed by atoms with Crippen LogP contribution in [0.25, 0.3) is 0 Å². The summed E-state index contributed by atoms with van der Waals surface area (Å²) in [6.07, 6.45) is 0. The van der Waals surface area contributed by atoms with Gasteiger partial charge in [-0.05, 0) is 13.0 Å². The topological polar surface area (TPSA) is 24.5 Å². The van der Waals surface area contributed by atoms with Crippen LogP contribution in [0.4, 0.5) is 8.78 Å². The number of hydrogen-bond acceptors (Lipinski definition) is 3. The molecule has 5 heteroatoms. The predicted octanol–water partition coefficient (Wildman–Crippen LogP) is 2.25. The molecule has 0 spiro atoms. The van der Waals surface area contributed by atoms with Gasteiger partial charge in [0.05, 0.1) is 0 Å². The Kier molecular flexibility index (Phi) is 4.49. The zero-order valence-electron chi connectivity index (χ0n) is 10.4. The van der Waals surface area contributed by atoms with Gasteiger partial charge < -0.3 is 10.1 Å². The van der Waals surface area contributed by atoms with Crippen LogP contribution >= 0.6 is 0 Å². The fourth-order valence-electron chi connectivity index (χ4n) is 2.30. The first kappa shape index (κ1) is 13.2. The summed E-state index contributed by atoms with van der Waals surface area (Å²) in [7, 11) is 0. The molecule has 1 fully saturated rings. The highest BCUT2D eigenvalue weighted by Gasteiger charge is 2.21. The molecule has 0 amide bonds. The minimum Gasteiger partial charge on any atom is -0.434 e. The zero-order chi connectivity index (χ0) is 13.0. The number of nitrogens with zero attached hydrogens (tertiary/aromatic N) is 1. The van der Waals surface area contributed by atoms with Crippen LogP contribution in [-0.2, 0) is 0 Å². The van der Waals surface area contributed by atoms with Crippen molar-refractivity contribution in [3.05, 3.63) is 29.8 Å². The summed E-state index contributed by atoms with van der Waals surface area (Å²) in [5, 5.41) is 3.27. The lowest BCUT2D eigenvalue weighted by atomic mass is 10.1. The Morgan fingerprint density at radius 1 is 1.22 bits per heavy atom. The van der Waals surface area contributed by atoms with Gasteiger partial charge in [0.15, 0.2) is 0 Å². The molecular weight excluding hydrogens is 238 g/mol. The molecule has 0 aromatic heterocycles. The first-order valence-electron chi connectivity index (χ1n) is 6.17. The van der Waals surface area contributed by atoms with Crippen LogP contribution in [0.2, 0.25) is 0 Å². The molecule has 1 aliphatic heterocycles. The average Bonchev–Trinajstić information content (AvgIpc) is 2.39. The average molecular weight is 256 g/mol. The van der Waals surface area contributed by atoms with Crippen LogP contribution in [0, 0.1) is 0 Å². The first-order valence-corrected chi connectivity index (χ1v) is 6.17. The first-order chi connectivity index (χ1) is 8.68. The normalized spacial score (nSPS) is 18.9. The Morgan fingerprint density at radius 3 is 2.56 bits per heavy atom. The van der Waals surface area contributed by atoms with Crippen molar-refractivity contribution >= 4 is 0 Å². The lowest BCUT2D eigenvalue weighted by Gasteiger charge is -2.33. The lowest BCUT2D eigenvalue weighted by Crippen LogP contribution is -2.44. The van der Waals surface area contributed by atoms with E-state index in [1.54, 1.807) is 12.1 Å². The van der Waals surface area contributed by atoms with Gasteiger partial charge in [0.2, 0.25) is 0 Å². The van der Waals surface area contributed by atoms with Gasteiger partial charge in [-0.25, -0.2) is 0 Å². The second-order valence-electron chi connectivity index (χ2n) is 4.38. The van der Waals surface area contributed by atoms with Crippen molar-refractivity contribution in [1.82, 2.24) is 10.2 Å². The van der Waals surface area contributed by atoms with Crippen molar-refractivity contribution in [1.29, 1.82) is 0 Å². The van der Waals surface area contributed by atoms with Gasteiger partial charge in [-0.3, -0.25) is 4.90 Å². The minimum absolute atomic E-state index is 0.0852. The van der Waals surface area contributed by atoms with Gasteiger partial charge in [0.25, 0.3) is 0 Å². The van der Waals surface area contributed by atoms with Gasteiger partial charge in [0.1, 0.15) is 5.75 Å². The Labute approximate surface area is 106 Å². The summed E-state index contributed by atoms with van der Waals surface area (Å²) >= 11 is 0. The molecule has 0 aliphatic carbocycles. The second-order valence-corrected chi connectivity index (χ2v) is 4.38. The van der Waals surface area contributed by atoms with Crippen LogP contribution in [-0.4, -0.2) is 37.7 Å². The van der Waals surface area contributed by atoms with Gasteiger partial charge in [-0.1, -0.05) is 18.2 Å². The van der Waals surface area contributed by atoms with E-state index >= 15 is 0 Å². The number of ether oxygens (including phenoxy) is 1. The van der Waals surface area contributed by atoms with Crippen LogP contribution in [0.15, 0.2) is 24.3 Å². The third kappa shape index (κ3) is 3.17. The molecular formula is C13H18F2N2O. The van der Waals surface area contributed by atoms with Gasteiger partial charge in [-0.15, -0.1) is 0 Å². The fourth-order valence-corrected chi connectivity index (χ4v) is 2.30. The molecule has 1 atom stereocenters. The van der Waals surface area contributed by atoms with Crippen molar-refractivity contribution in [3.8, 4) is 5.75 Å². The quantitative estimate of drug-likeness (QED) is 0.894. The molecule has 1 aromatic rings. The molecule has 1 aliphatic rings. The SMILES string of the molecule is C[C@@H](c1ccccc1OC(F)F)N1CCNCC1. The van der Waals surface area contributed by atoms with Crippen LogP contribution in [0.3, 0.4) is 0 Å². The van der Waals surface area contributed by atoms with Crippen LogP contribution < -0.4 is 10.1 Å². The molecule has 0 bridgehead atoms. The summed E-state index contributed by atoms with van der Waals surface area (Å²) in [6.45, 7) is 2.96. The van der Waals surface area contributed by atoms with Crippen molar-refractivity contribution in [2.75, 3.05) is 26.2 Å². The zero-order valence-corrected chi connectivity index (χ0v) is 10.4. The standard InChI is InChI=1S/C13H18F2N2O/c1-10(17-8-6-16-7-9-17)11-4-2-3-5-12(11)18-13(14)15/h2-5,10,13,16H,6-9H2,1H3/t10-/m0/s1. The maximum absolute atomic E-state index is 12.4. The van der Waals surface area contributed by atoms with E-state index < -0.39 is 6.61 Å². The number of alkyl halides is 2. The number of halogens is 2. The Morgan fingerprint density at radius 2 is 1.89 bits per heavy atom. The monoisotopic (exact) mass is 256 g/mol. The summed E-state index contributed by atoms with van der Waals surface area (Å²) in [6, 6.07) is 7.10. The number of rotatable bonds is 4. The third-order valence-electron chi connectivity index (χ3n) is 3.28. The highest BCUT2D eigenvalue weighted by Crippen LogP contribution is 2.30. The summed E-state index contributed by atoms with van der Waals surface area (Å²) in [4.78, 5) is 2.27. The largest absolute Gasteiger partial charge is 0.434 e. The van der Waals surface area contributed by atoms with E-state index in [1.807, 2.05) is 19.1 Å². The van der Waals surface area contributed by atoms with Gasteiger partial charge in [0, 0.05) is 37.8 Å². The number of nitrogens with one attached hydrogen (secondary N) is 1. The maximum atomic E-state index is 12.4. The summed E-state index contributed by atoms with van der Waals surface area (Å²) < 4.78 is 29.3. The number of para-hydroxylation sites is 1. The molecule has 1 saturated heterocycles. The van der Waals surface area contributed by atoms with E-state index in [2.05, 4.69) is 15.0 Å². The molecule has 0 unspecified atom stereocenters. The fraction of sp³-hybridized carbons (Fsp3) is 0.538. The lowest BCUT2D eigenvalue weighted by molar-refractivity contribution is -0.0511. The van der Waals surface area contributed by atoms with Crippen molar-refractivity contribution in [2.45, 2.75) is 19.6 Å². The highest BCUT2D eigenvalue weighted by molar-refractivity contribution is 5.35. The number of hydrogen-bond donors (Lipinski definition) is 1. The van der Waals surface area contributed by atoms with Crippen LogP contribution in [0.5, 0.6) is 5.75 Å². The molecule has 100 valence electrons. The predicted molar refractivity (Wildman–Crippen MR) is 65.9 cm³/mol. The second kappa shape index (κ2) is 6.11. The van der Waals surface area contributed by atoms with E-state index in [0.717, 1.165) is 31.7 Å². The highest BCUT2D eigenvalue weighted by atomic mass is 19.3. The smallest absolute Gasteiger partial charge is 0.387 e. The maximum Gasteiger partial charge on any atom is 0.387 e.